The minimum absolute atomic E-state index is 0.265. The van der Waals surface area contributed by atoms with E-state index in [2.05, 4.69) is 31.0 Å². The third kappa shape index (κ3) is 5.34. The summed E-state index contributed by atoms with van der Waals surface area (Å²) in [6, 6.07) is 1.10. The molecule has 3 atom stereocenters. The van der Waals surface area contributed by atoms with Crippen molar-refractivity contribution in [1.82, 2.24) is 10.2 Å². The summed E-state index contributed by atoms with van der Waals surface area (Å²) in [6.07, 6.45) is 3.08. The average molecular weight is 305 g/mol. The Balaban J connectivity index is 2.50. The van der Waals surface area contributed by atoms with Gasteiger partial charge in [0.05, 0.1) is 5.75 Å². The first-order valence-electron chi connectivity index (χ1n) is 8.11. The van der Waals surface area contributed by atoms with Crippen molar-refractivity contribution >= 4 is 9.84 Å². The van der Waals surface area contributed by atoms with Gasteiger partial charge in [-0.2, -0.15) is 0 Å². The summed E-state index contributed by atoms with van der Waals surface area (Å²) >= 11 is 0. The largest absolute Gasteiger partial charge is 0.311 e. The Morgan fingerprint density at radius 3 is 2.55 bits per heavy atom. The molecule has 0 radical (unpaired) electrons. The van der Waals surface area contributed by atoms with E-state index in [1.165, 1.54) is 6.42 Å². The van der Waals surface area contributed by atoms with E-state index < -0.39 is 9.84 Å². The number of nitrogens with zero attached hydrogens (tertiary/aromatic N) is 1. The summed E-state index contributed by atoms with van der Waals surface area (Å²) in [5.74, 6) is 1.27. The molecular weight excluding hydrogens is 272 g/mol. The van der Waals surface area contributed by atoms with Crippen molar-refractivity contribution in [2.45, 2.75) is 59.0 Å². The second kappa shape index (κ2) is 8.35. The second-order valence-corrected chi connectivity index (χ2v) is 8.52. The third-order valence-electron chi connectivity index (χ3n) is 4.71. The lowest BCUT2D eigenvalue weighted by Gasteiger charge is -2.42. The summed E-state index contributed by atoms with van der Waals surface area (Å²) in [6.45, 7) is 11.5. The highest BCUT2D eigenvalue weighted by molar-refractivity contribution is 7.91. The summed E-state index contributed by atoms with van der Waals surface area (Å²) in [7, 11) is -2.82. The predicted octanol–water partition coefficient (Wildman–Crippen LogP) is 1.91. The van der Waals surface area contributed by atoms with Crippen LogP contribution in [0.4, 0.5) is 0 Å². The van der Waals surface area contributed by atoms with E-state index in [0.717, 1.165) is 32.5 Å². The van der Waals surface area contributed by atoms with Gasteiger partial charge in [0.1, 0.15) is 9.84 Å². The molecule has 1 fully saturated rings. The molecule has 120 valence electrons. The van der Waals surface area contributed by atoms with E-state index in [-0.39, 0.29) is 5.75 Å². The van der Waals surface area contributed by atoms with Gasteiger partial charge >= 0.3 is 0 Å². The first-order chi connectivity index (χ1) is 9.43. The Hall–Kier alpha value is -0.130. The van der Waals surface area contributed by atoms with Gasteiger partial charge in [0, 0.05) is 30.9 Å². The van der Waals surface area contributed by atoms with Gasteiger partial charge in [-0.15, -0.1) is 0 Å². The van der Waals surface area contributed by atoms with Gasteiger partial charge in [-0.1, -0.05) is 34.1 Å². The molecule has 1 saturated heterocycles. The van der Waals surface area contributed by atoms with Crippen LogP contribution in [0.25, 0.3) is 0 Å². The minimum atomic E-state index is -2.82. The quantitative estimate of drug-likeness (QED) is 0.744. The van der Waals surface area contributed by atoms with Gasteiger partial charge in [-0.3, -0.25) is 4.90 Å². The summed E-state index contributed by atoms with van der Waals surface area (Å²) < 4.78 is 23.2. The van der Waals surface area contributed by atoms with Crippen LogP contribution in [0.3, 0.4) is 0 Å². The van der Waals surface area contributed by atoms with Crippen LogP contribution in [0.1, 0.15) is 47.0 Å². The summed E-state index contributed by atoms with van der Waals surface area (Å²) in [5, 5.41) is 3.66. The van der Waals surface area contributed by atoms with Crippen LogP contribution in [-0.4, -0.2) is 56.5 Å². The van der Waals surface area contributed by atoms with Crippen molar-refractivity contribution in [2.24, 2.45) is 5.92 Å². The van der Waals surface area contributed by atoms with E-state index in [1.54, 1.807) is 6.92 Å². The first-order valence-corrected chi connectivity index (χ1v) is 9.93. The Bertz CT molecular complexity index is 370. The van der Waals surface area contributed by atoms with Gasteiger partial charge in [0.2, 0.25) is 0 Å². The highest BCUT2D eigenvalue weighted by Crippen LogP contribution is 2.17. The van der Waals surface area contributed by atoms with Crippen LogP contribution in [-0.2, 0) is 9.84 Å². The highest BCUT2D eigenvalue weighted by Gasteiger charge is 2.28. The van der Waals surface area contributed by atoms with E-state index in [0.29, 0.717) is 23.8 Å². The van der Waals surface area contributed by atoms with Crippen molar-refractivity contribution in [1.29, 1.82) is 0 Å². The average Bonchev–Trinajstić information content (AvgIpc) is 2.46. The maximum Gasteiger partial charge on any atom is 0.150 e. The normalized spacial score (nSPS) is 26.6. The molecule has 0 saturated carbocycles. The molecule has 5 heteroatoms. The van der Waals surface area contributed by atoms with Gasteiger partial charge in [-0.05, 0) is 25.3 Å². The van der Waals surface area contributed by atoms with E-state index in [9.17, 15) is 8.42 Å². The van der Waals surface area contributed by atoms with Crippen molar-refractivity contribution in [3.63, 3.8) is 0 Å². The monoisotopic (exact) mass is 304 g/mol. The Morgan fingerprint density at radius 2 is 2.00 bits per heavy atom. The topological polar surface area (TPSA) is 49.4 Å². The smallest absolute Gasteiger partial charge is 0.150 e. The number of nitrogens with one attached hydrogen (secondary N) is 1. The molecule has 0 spiro atoms. The molecule has 4 nitrogen and oxygen atoms in total. The van der Waals surface area contributed by atoms with Crippen LogP contribution in [0.5, 0.6) is 0 Å². The van der Waals surface area contributed by atoms with E-state index in [1.807, 2.05) is 0 Å². The van der Waals surface area contributed by atoms with Crippen molar-refractivity contribution in [3.05, 3.63) is 0 Å². The van der Waals surface area contributed by atoms with Crippen molar-refractivity contribution in [3.8, 4) is 0 Å². The molecule has 0 aromatic carbocycles. The van der Waals surface area contributed by atoms with E-state index in [4.69, 9.17) is 0 Å². The molecule has 1 rings (SSSR count). The molecule has 1 aliphatic rings. The zero-order valence-corrected chi connectivity index (χ0v) is 14.4. The van der Waals surface area contributed by atoms with Crippen LogP contribution < -0.4 is 5.32 Å². The van der Waals surface area contributed by atoms with Gasteiger partial charge < -0.3 is 5.32 Å². The fourth-order valence-corrected chi connectivity index (χ4v) is 3.71. The van der Waals surface area contributed by atoms with Crippen LogP contribution in [0, 0.1) is 5.92 Å². The lowest BCUT2D eigenvalue weighted by molar-refractivity contribution is 0.107. The van der Waals surface area contributed by atoms with E-state index >= 15 is 0 Å². The molecule has 0 aromatic heterocycles. The summed E-state index contributed by atoms with van der Waals surface area (Å²) in [4.78, 5) is 2.50. The van der Waals surface area contributed by atoms with Gasteiger partial charge in [0.15, 0.2) is 0 Å². The number of sulfone groups is 1. The zero-order valence-electron chi connectivity index (χ0n) is 13.6. The fraction of sp³-hybridized carbons (Fsp3) is 1.00. The first kappa shape index (κ1) is 17.9. The molecule has 0 aliphatic carbocycles. The lowest BCUT2D eigenvalue weighted by atomic mass is 9.95. The maximum atomic E-state index is 11.6. The maximum absolute atomic E-state index is 11.6. The van der Waals surface area contributed by atoms with Crippen LogP contribution in [0.2, 0.25) is 0 Å². The number of piperazine rings is 1. The van der Waals surface area contributed by atoms with Crippen LogP contribution >= 0.6 is 0 Å². The molecule has 3 unspecified atom stereocenters. The Morgan fingerprint density at radius 1 is 1.30 bits per heavy atom. The SMILES string of the molecule is CCC(C)C1CN(CCCS(=O)(=O)CC)C(CC)CN1. The predicted molar refractivity (Wildman–Crippen MR) is 85.8 cm³/mol. The number of rotatable bonds is 8. The molecule has 1 N–H and O–H groups in total. The molecule has 1 heterocycles. The number of hydrogen-bond acceptors (Lipinski definition) is 4. The molecular formula is C15H32N2O2S. The Labute approximate surface area is 125 Å². The number of hydrogen-bond donors (Lipinski definition) is 1. The fourth-order valence-electron chi connectivity index (χ4n) is 2.86. The second-order valence-electron chi connectivity index (χ2n) is 6.05. The standard InChI is InChI=1S/C15H32N2O2S/c1-5-13(4)15-12-17(14(6-2)11-16-15)9-8-10-20(18,19)7-3/h13-16H,5-12H2,1-4H3. The molecule has 0 amide bonds. The third-order valence-corrected chi connectivity index (χ3v) is 6.50. The van der Waals surface area contributed by atoms with Crippen molar-refractivity contribution in [2.75, 3.05) is 31.1 Å². The zero-order chi connectivity index (χ0) is 15.2. The summed E-state index contributed by atoms with van der Waals surface area (Å²) in [5.41, 5.74) is 0. The van der Waals surface area contributed by atoms with Gasteiger partial charge in [0.25, 0.3) is 0 Å². The van der Waals surface area contributed by atoms with Crippen LogP contribution in [0.15, 0.2) is 0 Å². The van der Waals surface area contributed by atoms with Crippen molar-refractivity contribution < 1.29 is 8.42 Å². The minimum Gasteiger partial charge on any atom is -0.311 e. The lowest BCUT2D eigenvalue weighted by Crippen LogP contribution is -2.58. The molecule has 0 bridgehead atoms. The molecule has 0 aromatic rings. The highest BCUT2D eigenvalue weighted by atomic mass is 32.2. The Kier molecular flexibility index (Phi) is 7.48. The molecule has 1 aliphatic heterocycles. The van der Waals surface area contributed by atoms with Gasteiger partial charge in [-0.25, -0.2) is 8.42 Å². The molecule has 20 heavy (non-hydrogen) atoms.